The van der Waals surface area contributed by atoms with Gasteiger partial charge < -0.3 is 0 Å². The molecule has 0 radical (unpaired) electrons. The molecule has 0 saturated heterocycles. The predicted molar refractivity (Wildman–Crippen MR) is 84.4 cm³/mol. The van der Waals surface area contributed by atoms with Gasteiger partial charge in [0.15, 0.2) is 0 Å². The second-order valence-electron chi connectivity index (χ2n) is 4.82. The van der Waals surface area contributed by atoms with Crippen LogP contribution in [0.1, 0.15) is 17.3 Å². The van der Waals surface area contributed by atoms with Crippen molar-refractivity contribution in [3.8, 4) is 0 Å². The van der Waals surface area contributed by atoms with E-state index >= 15 is 0 Å². The van der Waals surface area contributed by atoms with E-state index in [0.717, 1.165) is 5.52 Å². The van der Waals surface area contributed by atoms with E-state index in [1.165, 1.54) is 19.9 Å². The summed E-state index contributed by atoms with van der Waals surface area (Å²) in [5, 5.41) is 1.20. The maximum absolute atomic E-state index is 11.8. The average molecular weight is 328 g/mol. The molecule has 0 amide bonds. The normalized spacial score (nSPS) is 10.9. The Balaban J connectivity index is 2.15. The van der Waals surface area contributed by atoms with Gasteiger partial charge in [-0.1, -0.05) is 0 Å². The van der Waals surface area contributed by atoms with Crippen molar-refractivity contribution >= 4 is 40.7 Å². The molecule has 3 aromatic rings. The average Bonchev–Trinajstić information content (AvgIpc) is 2.78. The Morgan fingerprint density at radius 1 is 1.10 bits per heavy atom. The van der Waals surface area contributed by atoms with Crippen molar-refractivity contribution in [3.63, 3.8) is 0 Å². The summed E-state index contributed by atoms with van der Waals surface area (Å²) in [5.74, 6) is 0.0639. The fourth-order valence-electron chi connectivity index (χ4n) is 2.27. The number of aryl methyl sites for hydroxylation is 1. The molecule has 1 heterocycles. The Kier molecular flexibility index (Phi) is 3.47. The molecule has 0 fully saturated rings. The Morgan fingerprint density at radius 3 is 2.55 bits per heavy atom. The number of benzene rings is 2. The quantitative estimate of drug-likeness (QED) is 0.662. The van der Waals surface area contributed by atoms with Crippen LogP contribution in [0, 0.1) is 6.92 Å². The molecule has 0 atom stereocenters. The summed E-state index contributed by atoms with van der Waals surface area (Å²) in [5.41, 5.74) is 2.24. The van der Waals surface area contributed by atoms with Crippen molar-refractivity contribution in [2.24, 2.45) is 0 Å². The van der Waals surface area contributed by atoms with E-state index in [1.54, 1.807) is 11.5 Å². The van der Waals surface area contributed by atoms with Gasteiger partial charge in [0.25, 0.3) is 0 Å². The summed E-state index contributed by atoms with van der Waals surface area (Å²) in [6, 6.07) is 16.7. The van der Waals surface area contributed by atoms with E-state index in [4.69, 9.17) is 0 Å². The van der Waals surface area contributed by atoms with E-state index in [-0.39, 0.29) is 20.9 Å². The summed E-state index contributed by atoms with van der Waals surface area (Å²) in [4.78, 5) is 11.8. The number of aromatic nitrogens is 1. The second-order valence-corrected chi connectivity index (χ2v) is 7.16. The fourth-order valence-corrected chi connectivity index (χ4v) is 4.32. The van der Waals surface area contributed by atoms with Crippen LogP contribution in [0.3, 0.4) is 0 Å². The molecule has 0 spiro atoms. The second kappa shape index (κ2) is 5.28. The van der Waals surface area contributed by atoms with Gasteiger partial charge in [-0.2, -0.15) is 0 Å². The third kappa shape index (κ3) is 2.43. The van der Waals surface area contributed by atoms with Gasteiger partial charge in [-0.25, -0.2) is 0 Å². The van der Waals surface area contributed by atoms with Crippen LogP contribution >= 0.6 is 0 Å². The molecule has 2 nitrogen and oxygen atoms in total. The van der Waals surface area contributed by atoms with Gasteiger partial charge in [0.1, 0.15) is 0 Å². The number of hydrogen-bond donors (Lipinski definition) is 0. The minimum atomic E-state index is 0.0639. The number of hydrogen-bond acceptors (Lipinski definition) is 1. The van der Waals surface area contributed by atoms with Crippen LogP contribution in [0.15, 0.2) is 54.7 Å². The molecule has 0 aliphatic heterocycles. The van der Waals surface area contributed by atoms with E-state index in [1.807, 2.05) is 18.3 Å². The van der Waals surface area contributed by atoms with Crippen LogP contribution in [0.25, 0.3) is 10.9 Å². The van der Waals surface area contributed by atoms with Gasteiger partial charge in [0.05, 0.1) is 0 Å². The van der Waals surface area contributed by atoms with Gasteiger partial charge in [-0.05, 0) is 0 Å². The standard InChI is InChI=1S/C17H15NOSe/c1-12-8-9-16-15(10-12)17(11-18(16)13(2)19)20-14-6-4-3-5-7-14/h3-11H,1-2H3. The van der Waals surface area contributed by atoms with E-state index in [2.05, 4.69) is 43.3 Å². The van der Waals surface area contributed by atoms with Crippen LogP contribution in [-0.2, 0) is 0 Å². The van der Waals surface area contributed by atoms with Crippen molar-refractivity contribution in [1.29, 1.82) is 0 Å². The zero-order valence-corrected chi connectivity index (χ0v) is 13.2. The van der Waals surface area contributed by atoms with E-state index < -0.39 is 0 Å². The van der Waals surface area contributed by atoms with Crippen molar-refractivity contribution in [1.82, 2.24) is 4.57 Å². The number of carbonyl (C=O) groups excluding carboxylic acids is 1. The molecule has 3 heteroatoms. The van der Waals surface area contributed by atoms with Gasteiger partial charge in [-0.15, -0.1) is 0 Å². The first-order chi connectivity index (χ1) is 9.65. The molecule has 0 bridgehead atoms. The van der Waals surface area contributed by atoms with Gasteiger partial charge in [0.2, 0.25) is 0 Å². The Bertz CT molecular complexity index is 774. The first-order valence-corrected chi connectivity index (χ1v) is 8.22. The van der Waals surface area contributed by atoms with Crippen LogP contribution in [0.2, 0.25) is 0 Å². The predicted octanol–water partition coefficient (Wildman–Crippen LogP) is 2.26. The molecule has 0 aliphatic rings. The third-order valence-corrected chi connectivity index (χ3v) is 5.44. The van der Waals surface area contributed by atoms with E-state index in [0.29, 0.717) is 0 Å². The molecule has 0 saturated carbocycles. The first-order valence-electron chi connectivity index (χ1n) is 6.51. The zero-order valence-electron chi connectivity index (χ0n) is 11.5. The number of rotatable bonds is 2. The van der Waals surface area contributed by atoms with Crippen molar-refractivity contribution in [3.05, 3.63) is 60.3 Å². The summed E-state index contributed by atoms with van der Waals surface area (Å²) in [6.45, 7) is 3.70. The van der Waals surface area contributed by atoms with Crippen molar-refractivity contribution < 1.29 is 4.79 Å². The Morgan fingerprint density at radius 2 is 1.85 bits per heavy atom. The van der Waals surface area contributed by atoms with Gasteiger partial charge in [0, 0.05) is 0 Å². The molecular formula is C17H15NOSe. The topological polar surface area (TPSA) is 22.0 Å². The number of carbonyl (C=O) groups is 1. The third-order valence-electron chi connectivity index (χ3n) is 3.23. The summed E-state index contributed by atoms with van der Waals surface area (Å²) >= 11 is 0.216. The van der Waals surface area contributed by atoms with Crippen LogP contribution in [-0.4, -0.2) is 25.4 Å². The van der Waals surface area contributed by atoms with Gasteiger partial charge in [-0.3, -0.25) is 0 Å². The molecule has 20 heavy (non-hydrogen) atoms. The monoisotopic (exact) mass is 329 g/mol. The minimum absolute atomic E-state index is 0.0639. The molecule has 0 aliphatic carbocycles. The first kappa shape index (κ1) is 13.2. The van der Waals surface area contributed by atoms with Gasteiger partial charge >= 0.3 is 124 Å². The summed E-state index contributed by atoms with van der Waals surface area (Å²) in [7, 11) is 0. The number of fused-ring (bicyclic) bond motifs is 1. The van der Waals surface area contributed by atoms with E-state index in [9.17, 15) is 4.79 Å². The SMILES string of the molecule is CC(=O)n1cc([Se]c2ccccc2)c2cc(C)ccc21. The summed E-state index contributed by atoms with van der Waals surface area (Å²) < 4.78 is 4.34. The molecule has 2 aromatic carbocycles. The van der Waals surface area contributed by atoms with Crippen LogP contribution in [0.4, 0.5) is 0 Å². The van der Waals surface area contributed by atoms with Crippen molar-refractivity contribution in [2.75, 3.05) is 0 Å². The number of nitrogens with zero attached hydrogens (tertiary/aromatic N) is 1. The molecule has 1 aromatic heterocycles. The zero-order chi connectivity index (χ0) is 14.1. The van der Waals surface area contributed by atoms with Crippen molar-refractivity contribution in [2.45, 2.75) is 13.8 Å². The molecule has 0 unspecified atom stereocenters. The Hall–Kier alpha value is -1.83. The molecule has 100 valence electrons. The fraction of sp³-hybridized carbons (Fsp3) is 0.118. The van der Waals surface area contributed by atoms with Crippen LogP contribution in [0.5, 0.6) is 0 Å². The molecule has 3 rings (SSSR count). The Labute approximate surface area is 124 Å². The molecular weight excluding hydrogens is 313 g/mol. The van der Waals surface area contributed by atoms with Crippen LogP contribution < -0.4 is 8.92 Å². The summed E-state index contributed by atoms with van der Waals surface area (Å²) in [6.07, 6.45) is 2.00. The molecule has 0 N–H and O–H groups in total. The maximum atomic E-state index is 11.8.